The van der Waals surface area contributed by atoms with Gasteiger partial charge in [-0.15, -0.1) is 0 Å². The van der Waals surface area contributed by atoms with Gasteiger partial charge in [-0.2, -0.15) is 0 Å². The van der Waals surface area contributed by atoms with Gasteiger partial charge in [0.25, 0.3) is 0 Å². The Labute approximate surface area is 295 Å². The highest BCUT2D eigenvalue weighted by atomic mass is 16.5. The normalized spacial score (nSPS) is 12.3. The topological polar surface area (TPSA) is 45.8 Å². The fraction of sp³-hybridized carbons (Fsp3) is 1.00. The van der Waals surface area contributed by atoms with E-state index in [1.807, 2.05) is 0 Å². The second-order valence-electron chi connectivity index (χ2n) is 14.4. The molecule has 2 N–H and O–H groups in total. The molecule has 0 unspecified atom stereocenters. The predicted molar refractivity (Wildman–Crippen MR) is 203 cm³/mol. The third kappa shape index (κ3) is 30.3. The first-order chi connectivity index (χ1) is 23.1. The summed E-state index contributed by atoms with van der Waals surface area (Å²) in [6.45, 7) is 27.1. The van der Waals surface area contributed by atoms with Gasteiger partial charge in [0.1, 0.15) is 13.1 Å². The molecular formula is C41H88N2O4+2. The van der Waals surface area contributed by atoms with Crippen LogP contribution < -0.4 is 9.80 Å². The zero-order chi connectivity index (χ0) is 34.5. The van der Waals surface area contributed by atoms with Gasteiger partial charge in [-0.05, 0) is 53.4 Å². The third-order valence-corrected chi connectivity index (χ3v) is 10.2. The largest absolute Gasteiger partial charge is 0.381 e. The molecule has 0 rings (SSSR count). The molecule has 0 fully saturated rings. The molecule has 47 heavy (non-hydrogen) atoms. The van der Waals surface area contributed by atoms with E-state index in [2.05, 4.69) is 41.5 Å². The van der Waals surface area contributed by atoms with Crippen LogP contribution >= 0.6 is 0 Å². The molecule has 0 radical (unpaired) electrons. The summed E-state index contributed by atoms with van der Waals surface area (Å²) in [7, 11) is 0. The van der Waals surface area contributed by atoms with Crippen molar-refractivity contribution in [2.24, 2.45) is 5.41 Å². The fourth-order valence-electron chi connectivity index (χ4n) is 6.51. The molecule has 6 nitrogen and oxygen atoms in total. The number of hydrogen-bond acceptors (Lipinski definition) is 4. The van der Waals surface area contributed by atoms with Crippen LogP contribution in [0.5, 0.6) is 0 Å². The van der Waals surface area contributed by atoms with Crippen molar-refractivity contribution in [2.45, 2.75) is 170 Å². The molecule has 0 bridgehead atoms. The lowest BCUT2D eigenvalue weighted by molar-refractivity contribution is -0.896. The van der Waals surface area contributed by atoms with E-state index in [0.717, 1.165) is 98.5 Å². The Balaban J connectivity index is 4.87. The molecule has 0 aliphatic carbocycles. The minimum atomic E-state index is -0.0583. The second kappa shape index (κ2) is 37.0. The summed E-state index contributed by atoms with van der Waals surface area (Å²) in [5.74, 6) is 0. The van der Waals surface area contributed by atoms with Crippen molar-refractivity contribution in [3.05, 3.63) is 0 Å². The van der Waals surface area contributed by atoms with Gasteiger partial charge in [-0.3, -0.25) is 0 Å². The Morgan fingerprint density at radius 3 is 1.06 bits per heavy atom. The number of unbranched alkanes of at least 4 members (excludes halogenated alkanes) is 16. The SMILES string of the molecule is CCCCCCCCCCCCOCC(CCCCCCCOCCCCCC)(COCC[NH+](CC)CC)COCC[NH+](CC)CC. The maximum atomic E-state index is 6.48. The molecule has 0 amide bonds. The minimum Gasteiger partial charge on any atom is -0.381 e. The maximum Gasteiger partial charge on any atom is 0.101 e. The van der Waals surface area contributed by atoms with Crippen LogP contribution in [0.2, 0.25) is 0 Å². The van der Waals surface area contributed by atoms with Crippen molar-refractivity contribution in [1.82, 2.24) is 0 Å². The van der Waals surface area contributed by atoms with E-state index in [1.165, 1.54) is 122 Å². The quantitative estimate of drug-likeness (QED) is 0.0655. The lowest BCUT2D eigenvalue weighted by Gasteiger charge is -2.34. The first-order valence-electron chi connectivity index (χ1n) is 21.1. The molecule has 0 aromatic heterocycles. The highest BCUT2D eigenvalue weighted by Gasteiger charge is 2.31. The van der Waals surface area contributed by atoms with E-state index in [1.54, 1.807) is 9.80 Å². The van der Waals surface area contributed by atoms with Crippen LogP contribution in [0.25, 0.3) is 0 Å². The Kier molecular flexibility index (Phi) is 36.8. The average molecular weight is 673 g/mol. The van der Waals surface area contributed by atoms with E-state index in [9.17, 15) is 0 Å². The van der Waals surface area contributed by atoms with Crippen LogP contribution in [0.3, 0.4) is 0 Å². The standard InChI is InChI=1S/C41H86N2O4/c1-7-13-15-17-18-19-20-21-24-29-35-45-38-41(39-46-36-31-42(9-3)10-4,40-47-37-32-43(11-5)12-6)30-26-23-22-25-28-34-44-33-27-16-14-8-2/h7-40H2,1-6H3/p+2. The summed E-state index contributed by atoms with van der Waals surface area (Å²) in [5, 5.41) is 0. The zero-order valence-corrected chi connectivity index (χ0v) is 33.2. The summed E-state index contributed by atoms with van der Waals surface area (Å²) >= 11 is 0. The smallest absolute Gasteiger partial charge is 0.101 e. The van der Waals surface area contributed by atoms with Gasteiger partial charge >= 0.3 is 0 Å². The van der Waals surface area contributed by atoms with Gasteiger partial charge in [0.15, 0.2) is 0 Å². The summed E-state index contributed by atoms with van der Waals surface area (Å²) in [6.07, 6.45) is 26.1. The van der Waals surface area contributed by atoms with Crippen LogP contribution in [0.1, 0.15) is 170 Å². The molecular weight excluding hydrogens is 584 g/mol. The van der Waals surface area contributed by atoms with Crippen LogP contribution in [0.4, 0.5) is 0 Å². The number of hydrogen-bond donors (Lipinski definition) is 2. The highest BCUT2D eigenvalue weighted by molar-refractivity contribution is 4.80. The average Bonchev–Trinajstić information content (AvgIpc) is 3.09. The van der Waals surface area contributed by atoms with Gasteiger partial charge in [0.2, 0.25) is 0 Å². The molecule has 0 aromatic carbocycles. The number of quaternary nitrogens is 2. The Morgan fingerprint density at radius 2 is 0.660 bits per heavy atom. The predicted octanol–water partition coefficient (Wildman–Crippen LogP) is 7.73. The van der Waals surface area contributed by atoms with Crippen molar-refractivity contribution in [3.8, 4) is 0 Å². The van der Waals surface area contributed by atoms with Gasteiger partial charge in [0, 0.05) is 25.2 Å². The summed E-state index contributed by atoms with van der Waals surface area (Å²) in [6, 6.07) is 0. The number of nitrogens with one attached hydrogen (secondary N) is 2. The maximum absolute atomic E-state index is 6.48. The molecule has 0 saturated heterocycles. The van der Waals surface area contributed by atoms with Gasteiger partial charge in [-0.1, -0.05) is 117 Å². The molecule has 0 aliphatic heterocycles. The van der Waals surface area contributed by atoms with E-state index >= 15 is 0 Å². The lowest BCUT2D eigenvalue weighted by atomic mass is 9.84. The van der Waals surface area contributed by atoms with Crippen molar-refractivity contribution in [3.63, 3.8) is 0 Å². The number of ether oxygens (including phenoxy) is 4. The van der Waals surface area contributed by atoms with Crippen molar-refractivity contribution in [1.29, 1.82) is 0 Å². The van der Waals surface area contributed by atoms with Crippen LogP contribution in [-0.4, -0.2) is 92.1 Å². The third-order valence-electron chi connectivity index (χ3n) is 10.2. The van der Waals surface area contributed by atoms with E-state index in [4.69, 9.17) is 18.9 Å². The molecule has 0 atom stereocenters. The van der Waals surface area contributed by atoms with E-state index in [0.29, 0.717) is 0 Å². The summed E-state index contributed by atoms with van der Waals surface area (Å²) in [4.78, 5) is 3.22. The molecule has 6 heteroatoms. The van der Waals surface area contributed by atoms with Gasteiger partial charge < -0.3 is 28.7 Å². The number of rotatable bonds is 40. The van der Waals surface area contributed by atoms with Crippen molar-refractivity contribution >= 4 is 0 Å². The second-order valence-corrected chi connectivity index (χ2v) is 14.4. The molecule has 0 aliphatic rings. The van der Waals surface area contributed by atoms with Crippen molar-refractivity contribution < 1.29 is 28.7 Å². The molecule has 0 spiro atoms. The fourth-order valence-corrected chi connectivity index (χ4v) is 6.51. The first-order valence-corrected chi connectivity index (χ1v) is 21.1. The minimum absolute atomic E-state index is 0.0583. The van der Waals surface area contributed by atoms with Crippen molar-refractivity contribution in [2.75, 3.05) is 92.1 Å². The molecule has 284 valence electrons. The highest BCUT2D eigenvalue weighted by Crippen LogP contribution is 2.28. The zero-order valence-electron chi connectivity index (χ0n) is 33.2. The molecule has 0 heterocycles. The first kappa shape index (κ1) is 46.8. The summed E-state index contributed by atoms with van der Waals surface area (Å²) < 4.78 is 25.3. The van der Waals surface area contributed by atoms with E-state index in [-0.39, 0.29) is 5.41 Å². The van der Waals surface area contributed by atoms with Crippen LogP contribution in [-0.2, 0) is 18.9 Å². The lowest BCUT2D eigenvalue weighted by Crippen LogP contribution is -3.11. The number of likely N-dealkylation sites (N-methyl/N-ethyl adjacent to an activating group) is 2. The Bertz CT molecular complexity index is 536. The molecule has 0 aromatic rings. The molecule has 0 saturated carbocycles. The Hall–Kier alpha value is -0.240. The van der Waals surface area contributed by atoms with Gasteiger partial charge in [-0.25, -0.2) is 0 Å². The van der Waals surface area contributed by atoms with E-state index < -0.39 is 0 Å². The van der Waals surface area contributed by atoms with Crippen LogP contribution in [0.15, 0.2) is 0 Å². The Morgan fingerprint density at radius 1 is 0.340 bits per heavy atom. The van der Waals surface area contributed by atoms with Crippen LogP contribution in [0, 0.1) is 5.41 Å². The monoisotopic (exact) mass is 673 g/mol. The summed E-state index contributed by atoms with van der Waals surface area (Å²) in [5.41, 5.74) is -0.0583. The van der Waals surface area contributed by atoms with Gasteiger partial charge in [0.05, 0.1) is 59.2 Å².